The number of rotatable bonds is 4. The topological polar surface area (TPSA) is 84.1 Å². The van der Waals surface area contributed by atoms with Gasteiger partial charge in [-0.1, -0.05) is 0 Å². The number of nitrogens with zero attached hydrogens (tertiary/aromatic N) is 1. The Morgan fingerprint density at radius 2 is 2.47 bits per heavy atom. The monoisotopic (exact) mass is 231 g/mol. The fraction of sp³-hybridized carbons (Fsp3) is 0.375. The molecule has 1 unspecified atom stereocenters. The molecule has 1 amide bonds. The lowest BCUT2D eigenvalue weighted by Crippen LogP contribution is -2.34. The van der Waals surface area contributed by atoms with E-state index in [1.165, 1.54) is 19.5 Å². The summed E-state index contributed by atoms with van der Waals surface area (Å²) in [6.07, 6.45) is 2.81. The van der Waals surface area contributed by atoms with Crippen LogP contribution in [0.25, 0.3) is 0 Å². The molecule has 2 N–H and O–H groups in total. The molecule has 0 aliphatic rings. The van der Waals surface area contributed by atoms with E-state index in [1.54, 1.807) is 0 Å². The first-order chi connectivity index (χ1) is 7.15. The number of nitrogens with one attached hydrogen (secondary N) is 2. The molecule has 1 atom stereocenters. The summed E-state index contributed by atoms with van der Waals surface area (Å²) in [5.74, 6) is -0.928. The maximum absolute atomic E-state index is 11.3. The summed E-state index contributed by atoms with van der Waals surface area (Å²) in [5.41, 5.74) is 0.378. The smallest absolute Gasteiger partial charge is 0.325 e. The van der Waals surface area contributed by atoms with Crippen LogP contribution in [0, 0.1) is 0 Å². The second kappa shape index (κ2) is 5.35. The van der Waals surface area contributed by atoms with Gasteiger partial charge in [0.2, 0.25) is 0 Å². The van der Waals surface area contributed by atoms with Gasteiger partial charge in [-0.15, -0.1) is 11.6 Å². The quantitative estimate of drug-likeness (QED) is 0.561. The Balaban J connectivity index is 2.38. The van der Waals surface area contributed by atoms with E-state index in [2.05, 4.69) is 20.3 Å². The van der Waals surface area contributed by atoms with Crippen LogP contribution in [0.3, 0.4) is 0 Å². The summed E-state index contributed by atoms with van der Waals surface area (Å²) < 4.78 is 4.39. The van der Waals surface area contributed by atoms with Crippen LogP contribution in [-0.4, -0.2) is 41.1 Å². The minimum Gasteiger partial charge on any atom is -0.468 e. The molecule has 1 heterocycles. The molecule has 1 aromatic rings. The SMILES string of the molecule is COC(=O)C(Cl)CNC(=O)c1cn[nH]c1. The molecule has 82 valence electrons. The first-order valence-electron chi connectivity index (χ1n) is 4.14. The lowest BCUT2D eigenvalue weighted by molar-refractivity contribution is -0.140. The molecule has 0 aromatic carbocycles. The van der Waals surface area contributed by atoms with E-state index in [-0.39, 0.29) is 12.5 Å². The highest BCUT2D eigenvalue weighted by Gasteiger charge is 2.17. The van der Waals surface area contributed by atoms with Crippen molar-refractivity contribution in [3.8, 4) is 0 Å². The minimum absolute atomic E-state index is 0.0121. The maximum atomic E-state index is 11.3. The van der Waals surface area contributed by atoms with Crippen LogP contribution in [0.5, 0.6) is 0 Å². The Kier molecular flexibility index (Phi) is 4.11. The van der Waals surface area contributed by atoms with Crippen molar-refractivity contribution in [2.45, 2.75) is 5.38 Å². The first-order valence-corrected chi connectivity index (χ1v) is 4.57. The van der Waals surface area contributed by atoms with E-state index in [9.17, 15) is 9.59 Å². The molecule has 6 nitrogen and oxygen atoms in total. The highest BCUT2D eigenvalue weighted by atomic mass is 35.5. The van der Waals surface area contributed by atoms with Crippen molar-refractivity contribution in [2.24, 2.45) is 0 Å². The van der Waals surface area contributed by atoms with Crippen molar-refractivity contribution < 1.29 is 14.3 Å². The normalized spacial score (nSPS) is 11.9. The van der Waals surface area contributed by atoms with E-state index in [0.717, 1.165) is 0 Å². The zero-order valence-corrected chi connectivity index (χ0v) is 8.75. The summed E-state index contributed by atoms with van der Waals surface area (Å²) in [4.78, 5) is 22.2. The molecule has 0 bridgehead atoms. The number of aromatic nitrogens is 2. The number of halogens is 1. The third-order valence-corrected chi connectivity index (χ3v) is 1.99. The molecule has 7 heteroatoms. The lowest BCUT2D eigenvalue weighted by atomic mass is 10.3. The number of carbonyl (C=O) groups excluding carboxylic acids is 2. The summed E-state index contributed by atoms with van der Waals surface area (Å²) >= 11 is 5.62. The fourth-order valence-corrected chi connectivity index (χ4v) is 1.04. The van der Waals surface area contributed by atoms with E-state index in [4.69, 9.17) is 11.6 Å². The number of H-pyrrole nitrogens is 1. The number of ether oxygens (including phenoxy) is 1. The van der Waals surface area contributed by atoms with E-state index >= 15 is 0 Å². The summed E-state index contributed by atoms with van der Waals surface area (Å²) in [6.45, 7) is 0.0121. The molecule has 0 aliphatic heterocycles. The van der Waals surface area contributed by atoms with Crippen molar-refractivity contribution in [1.82, 2.24) is 15.5 Å². The molecular weight excluding hydrogens is 222 g/mol. The van der Waals surface area contributed by atoms with Gasteiger partial charge in [0.15, 0.2) is 0 Å². The predicted molar refractivity (Wildman–Crippen MR) is 52.6 cm³/mol. The first kappa shape index (κ1) is 11.5. The van der Waals surface area contributed by atoms with Gasteiger partial charge in [-0.3, -0.25) is 14.7 Å². The number of methoxy groups -OCH3 is 1. The van der Waals surface area contributed by atoms with Gasteiger partial charge >= 0.3 is 5.97 Å². The fourth-order valence-electron chi connectivity index (χ4n) is 0.871. The van der Waals surface area contributed by atoms with E-state index < -0.39 is 11.3 Å². The molecule has 0 radical (unpaired) electrons. The second-order valence-corrected chi connectivity index (χ2v) is 3.21. The zero-order valence-electron chi connectivity index (χ0n) is 7.99. The Bertz CT molecular complexity index is 339. The van der Waals surface area contributed by atoms with Crippen molar-refractivity contribution in [3.63, 3.8) is 0 Å². The van der Waals surface area contributed by atoms with E-state index in [0.29, 0.717) is 5.56 Å². The van der Waals surface area contributed by atoms with Gasteiger partial charge in [0, 0.05) is 12.7 Å². The van der Waals surface area contributed by atoms with Crippen LogP contribution >= 0.6 is 11.6 Å². The van der Waals surface area contributed by atoms with Gasteiger partial charge in [-0.2, -0.15) is 5.10 Å². The second-order valence-electron chi connectivity index (χ2n) is 2.69. The van der Waals surface area contributed by atoms with Crippen LogP contribution in [0.15, 0.2) is 12.4 Å². The maximum Gasteiger partial charge on any atom is 0.325 e. The van der Waals surface area contributed by atoms with Gasteiger partial charge in [-0.25, -0.2) is 0 Å². The molecule has 0 spiro atoms. The van der Waals surface area contributed by atoms with E-state index in [1.807, 2.05) is 0 Å². The van der Waals surface area contributed by atoms with Crippen LogP contribution in [0.2, 0.25) is 0 Å². The average Bonchev–Trinajstić information content (AvgIpc) is 2.77. The highest BCUT2D eigenvalue weighted by Crippen LogP contribution is 1.98. The standard InChI is InChI=1S/C8H10ClN3O3/c1-15-8(14)6(9)4-10-7(13)5-2-11-12-3-5/h2-3,6H,4H2,1H3,(H,10,13)(H,11,12). The largest absolute Gasteiger partial charge is 0.468 e. The Labute approximate surface area is 90.9 Å². The minimum atomic E-state index is -0.883. The van der Waals surface area contributed by atoms with Crippen molar-refractivity contribution in [1.29, 1.82) is 0 Å². The molecule has 0 fully saturated rings. The molecule has 1 rings (SSSR count). The number of esters is 1. The van der Waals surface area contributed by atoms with Crippen LogP contribution in [-0.2, 0) is 9.53 Å². The van der Waals surface area contributed by atoms with Gasteiger partial charge < -0.3 is 10.1 Å². The van der Waals surface area contributed by atoms with Gasteiger partial charge in [-0.05, 0) is 0 Å². The lowest BCUT2D eigenvalue weighted by Gasteiger charge is -2.07. The molecule has 1 aromatic heterocycles. The van der Waals surface area contributed by atoms with Crippen LogP contribution in [0.4, 0.5) is 0 Å². The van der Waals surface area contributed by atoms with Crippen molar-refractivity contribution >= 4 is 23.5 Å². The number of hydrogen-bond donors (Lipinski definition) is 2. The molecule has 0 aliphatic carbocycles. The van der Waals surface area contributed by atoms with Gasteiger partial charge in [0.1, 0.15) is 5.38 Å². The number of alkyl halides is 1. The predicted octanol–water partition coefficient (Wildman–Crippen LogP) is -0.0801. The third-order valence-electron chi connectivity index (χ3n) is 1.66. The van der Waals surface area contributed by atoms with Crippen LogP contribution in [0.1, 0.15) is 10.4 Å². The third kappa shape index (κ3) is 3.25. The Hall–Kier alpha value is -1.56. The molecule has 0 saturated heterocycles. The Morgan fingerprint density at radius 3 is 3.00 bits per heavy atom. The number of aromatic amines is 1. The number of hydrogen-bond acceptors (Lipinski definition) is 4. The van der Waals surface area contributed by atoms with Crippen molar-refractivity contribution in [2.75, 3.05) is 13.7 Å². The number of amides is 1. The molecule has 15 heavy (non-hydrogen) atoms. The van der Waals surface area contributed by atoms with Crippen LogP contribution < -0.4 is 5.32 Å². The summed E-state index contributed by atoms with van der Waals surface area (Å²) in [7, 11) is 1.23. The van der Waals surface area contributed by atoms with Gasteiger partial charge in [0.25, 0.3) is 5.91 Å². The summed E-state index contributed by atoms with van der Waals surface area (Å²) in [5, 5.41) is 7.69. The number of carbonyl (C=O) groups is 2. The molecular formula is C8H10ClN3O3. The molecule has 0 saturated carbocycles. The Morgan fingerprint density at radius 1 is 1.73 bits per heavy atom. The highest BCUT2D eigenvalue weighted by molar-refractivity contribution is 6.30. The zero-order chi connectivity index (χ0) is 11.3. The van der Waals surface area contributed by atoms with Crippen molar-refractivity contribution in [3.05, 3.63) is 18.0 Å². The average molecular weight is 232 g/mol. The van der Waals surface area contributed by atoms with Gasteiger partial charge in [0.05, 0.1) is 18.9 Å². The summed E-state index contributed by atoms with van der Waals surface area (Å²) in [6, 6.07) is 0.